The summed E-state index contributed by atoms with van der Waals surface area (Å²) >= 11 is 0. The molecule has 0 heterocycles. The van der Waals surface area contributed by atoms with E-state index in [1.54, 1.807) is 0 Å². The third kappa shape index (κ3) is 7.50. The molecule has 0 radical (unpaired) electrons. The van der Waals surface area contributed by atoms with Gasteiger partial charge in [0.15, 0.2) is 5.78 Å². The Balaban J connectivity index is 4.43. The molecule has 0 amide bonds. The van der Waals surface area contributed by atoms with Gasteiger partial charge in [-0.3, -0.25) is 4.79 Å². The molecule has 0 aromatic rings. The van der Waals surface area contributed by atoms with E-state index in [2.05, 4.69) is 19.2 Å². The molecule has 3 heteroatoms. The smallest absolute Gasteiger partial charge is 0.152 e. The first kappa shape index (κ1) is 16.6. The number of rotatable bonds is 8. The Hall–Kier alpha value is -0.410. The average Bonchev–Trinajstić information content (AvgIpc) is 2.13. The molecule has 0 aliphatic rings. The molecule has 0 saturated carbocycles. The highest BCUT2D eigenvalue weighted by Gasteiger charge is 2.24. The van der Waals surface area contributed by atoms with E-state index in [1.807, 2.05) is 34.6 Å². The second-order valence-electron chi connectivity index (χ2n) is 5.66. The van der Waals surface area contributed by atoms with Crippen molar-refractivity contribution in [1.29, 1.82) is 0 Å². The van der Waals surface area contributed by atoms with Crippen molar-refractivity contribution >= 4 is 5.78 Å². The number of nitrogens with one attached hydrogen (secondary N) is 1. The van der Waals surface area contributed by atoms with Crippen LogP contribution < -0.4 is 5.32 Å². The number of hydrogen-bond donors (Lipinski definition) is 1. The fourth-order valence-electron chi connectivity index (χ4n) is 1.92. The van der Waals surface area contributed by atoms with Crippen molar-refractivity contribution in [3.05, 3.63) is 0 Å². The third-order valence-electron chi connectivity index (χ3n) is 2.52. The standard InChI is InChI=1S/C14H29NO2/c1-9(2)14(16)13(15-10(3)4)8-12(7)17-11(5)6/h9-13,15H,8H2,1-7H3. The van der Waals surface area contributed by atoms with Gasteiger partial charge < -0.3 is 10.1 Å². The lowest BCUT2D eigenvalue weighted by atomic mass is 9.96. The summed E-state index contributed by atoms with van der Waals surface area (Å²) in [5.74, 6) is 0.343. The topological polar surface area (TPSA) is 38.3 Å². The zero-order chi connectivity index (χ0) is 13.6. The van der Waals surface area contributed by atoms with Gasteiger partial charge in [0.05, 0.1) is 18.2 Å². The Morgan fingerprint density at radius 2 is 1.59 bits per heavy atom. The molecule has 0 aliphatic heterocycles. The van der Waals surface area contributed by atoms with Crippen molar-refractivity contribution in [2.75, 3.05) is 0 Å². The Morgan fingerprint density at radius 1 is 1.06 bits per heavy atom. The molecule has 0 aromatic carbocycles. The molecular weight excluding hydrogens is 214 g/mol. The average molecular weight is 243 g/mol. The van der Waals surface area contributed by atoms with Crippen LogP contribution in [0.3, 0.4) is 0 Å². The highest BCUT2D eigenvalue weighted by molar-refractivity contribution is 5.85. The van der Waals surface area contributed by atoms with Crippen molar-refractivity contribution in [3.8, 4) is 0 Å². The van der Waals surface area contributed by atoms with Crippen molar-refractivity contribution < 1.29 is 9.53 Å². The minimum Gasteiger partial charge on any atom is -0.376 e. The van der Waals surface area contributed by atoms with Gasteiger partial charge in [-0.15, -0.1) is 0 Å². The summed E-state index contributed by atoms with van der Waals surface area (Å²) in [5, 5.41) is 3.34. The summed E-state index contributed by atoms with van der Waals surface area (Å²) in [6.07, 6.45) is 1.06. The van der Waals surface area contributed by atoms with Crippen LogP contribution in [0.15, 0.2) is 0 Å². The highest BCUT2D eigenvalue weighted by atomic mass is 16.5. The summed E-state index contributed by atoms with van der Waals surface area (Å²) < 4.78 is 5.70. The maximum atomic E-state index is 12.1. The second-order valence-corrected chi connectivity index (χ2v) is 5.66. The van der Waals surface area contributed by atoms with Gasteiger partial charge in [0, 0.05) is 12.0 Å². The van der Waals surface area contributed by atoms with Crippen LogP contribution in [0.2, 0.25) is 0 Å². The number of hydrogen-bond acceptors (Lipinski definition) is 3. The maximum Gasteiger partial charge on any atom is 0.152 e. The predicted molar refractivity (Wildman–Crippen MR) is 72.2 cm³/mol. The van der Waals surface area contributed by atoms with E-state index in [0.29, 0.717) is 6.04 Å². The normalized spacial score (nSPS) is 15.6. The van der Waals surface area contributed by atoms with Gasteiger partial charge in [-0.2, -0.15) is 0 Å². The van der Waals surface area contributed by atoms with Gasteiger partial charge >= 0.3 is 0 Å². The number of carbonyl (C=O) groups excluding carboxylic acids is 1. The minimum atomic E-state index is -0.0938. The molecule has 0 bridgehead atoms. The van der Waals surface area contributed by atoms with Gasteiger partial charge in [-0.05, 0) is 27.2 Å². The van der Waals surface area contributed by atoms with Crippen molar-refractivity contribution in [3.63, 3.8) is 0 Å². The summed E-state index contributed by atoms with van der Waals surface area (Å²) in [7, 11) is 0. The molecule has 0 aromatic heterocycles. The molecule has 2 unspecified atom stereocenters. The van der Waals surface area contributed by atoms with E-state index in [4.69, 9.17) is 4.74 Å². The van der Waals surface area contributed by atoms with Crippen LogP contribution in [-0.2, 0) is 9.53 Å². The van der Waals surface area contributed by atoms with Crippen LogP contribution >= 0.6 is 0 Å². The molecular formula is C14H29NO2. The zero-order valence-electron chi connectivity index (χ0n) is 12.4. The van der Waals surface area contributed by atoms with Crippen LogP contribution in [0.4, 0.5) is 0 Å². The van der Waals surface area contributed by atoms with Gasteiger partial charge in [0.1, 0.15) is 0 Å². The van der Waals surface area contributed by atoms with Gasteiger partial charge in [0.2, 0.25) is 0 Å². The van der Waals surface area contributed by atoms with Crippen LogP contribution in [0.25, 0.3) is 0 Å². The van der Waals surface area contributed by atoms with Crippen LogP contribution in [0, 0.1) is 5.92 Å². The Bertz CT molecular complexity index is 224. The first-order valence-electron chi connectivity index (χ1n) is 6.69. The molecule has 3 nitrogen and oxygen atoms in total. The summed E-state index contributed by atoms with van der Waals surface area (Å²) in [4.78, 5) is 12.1. The van der Waals surface area contributed by atoms with Gasteiger partial charge in [-0.25, -0.2) is 0 Å². The Kier molecular flexibility index (Phi) is 7.64. The number of ketones is 1. The Labute approximate surface area is 106 Å². The second kappa shape index (κ2) is 7.83. The number of ether oxygens (including phenoxy) is 1. The highest BCUT2D eigenvalue weighted by Crippen LogP contribution is 2.11. The molecule has 0 rings (SSSR count). The molecule has 0 spiro atoms. The van der Waals surface area contributed by atoms with Gasteiger partial charge in [-0.1, -0.05) is 27.7 Å². The van der Waals surface area contributed by atoms with E-state index >= 15 is 0 Å². The van der Waals surface area contributed by atoms with Crippen LogP contribution in [0.5, 0.6) is 0 Å². The number of carbonyl (C=O) groups is 1. The number of Topliss-reactive ketones (excluding diaryl/α,β-unsaturated/α-hetero) is 1. The van der Waals surface area contributed by atoms with E-state index in [9.17, 15) is 4.79 Å². The van der Waals surface area contributed by atoms with Gasteiger partial charge in [0.25, 0.3) is 0 Å². The molecule has 17 heavy (non-hydrogen) atoms. The first-order chi connectivity index (χ1) is 7.73. The summed E-state index contributed by atoms with van der Waals surface area (Å²) in [6.45, 7) is 14.1. The quantitative estimate of drug-likeness (QED) is 0.712. The van der Waals surface area contributed by atoms with E-state index < -0.39 is 0 Å². The van der Waals surface area contributed by atoms with E-state index in [-0.39, 0.29) is 30.0 Å². The van der Waals surface area contributed by atoms with Crippen LogP contribution in [0.1, 0.15) is 54.9 Å². The lowest BCUT2D eigenvalue weighted by Crippen LogP contribution is -2.45. The SMILES string of the molecule is CC(C)NC(CC(C)OC(C)C)C(=O)C(C)C. The lowest BCUT2D eigenvalue weighted by molar-refractivity contribution is -0.125. The fraction of sp³-hybridized carbons (Fsp3) is 0.929. The molecule has 0 aliphatic carbocycles. The van der Waals surface area contributed by atoms with E-state index in [1.165, 1.54) is 0 Å². The van der Waals surface area contributed by atoms with E-state index in [0.717, 1.165) is 6.42 Å². The third-order valence-corrected chi connectivity index (χ3v) is 2.52. The minimum absolute atomic E-state index is 0.0671. The van der Waals surface area contributed by atoms with Crippen molar-refractivity contribution in [2.24, 2.45) is 5.92 Å². The monoisotopic (exact) mass is 243 g/mol. The lowest BCUT2D eigenvalue weighted by Gasteiger charge is -2.25. The summed E-state index contributed by atoms with van der Waals surface area (Å²) in [5.41, 5.74) is 0. The summed E-state index contributed by atoms with van der Waals surface area (Å²) in [6, 6.07) is 0.220. The molecule has 1 N–H and O–H groups in total. The molecule has 2 atom stereocenters. The fourth-order valence-corrected chi connectivity index (χ4v) is 1.92. The molecule has 102 valence electrons. The molecule has 0 fully saturated rings. The van der Waals surface area contributed by atoms with Crippen molar-refractivity contribution in [2.45, 2.75) is 79.2 Å². The van der Waals surface area contributed by atoms with Crippen LogP contribution in [-0.4, -0.2) is 30.1 Å². The Morgan fingerprint density at radius 3 is 1.94 bits per heavy atom. The van der Waals surface area contributed by atoms with Crippen molar-refractivity contribution in [1.82, 2.24) is 5.32 Å². The zero-order valence-corrected chi connectivity index (χ0v) is 12.4. The first-order valence-corrected chi connectivity index (χ1v) is 6.69. The maximum absolute atomic E-state index is 12.1. The predicted octanol–water partition coefficient (Wildman–Crippen LogP) is 2.78. The largest absolute Gasteiger partial charge is 0.376 e. The molecule has 0 saturated heterocycles.